The van der Waals surface area contributed by atoms with E-state index in [0.717, 1.165) is 27.8 Å². The molecule has 2 N–H and O–H groups in total. The van der Waals surface area contributed by atoms with Gasteiger partial charge in [0.25, 0.3) is 5.91 Å². The molecule has 22 heavy (non-hydrogen) atoms. The molecule has 0 spiro atoms. The van der Waals surface area contributed by atoms with Crippen LogP contribution in [0.4, 0.5) is 5.82 Å². The number of amides is 1. The third-order valence-electron chi connectivity index (χ3n) is 3.23. The Bertz CT molecular complexity index is 658. The lowest BCUT2D eigenvalue weighted by molar-refractivity contribution is 0.0953. The first-order valence-corrected chi connectivity index (χ1v) is 8.12. The van der Waals surface area contributed by atoms with E-state index in [4.69, 9.17) is 0 Å². The molecule has 0 bridgehead atoms. The Balaban J connectivity index is 2.02. The zero-order valence-electron chi connectivity index (χ0n) is 12.8. The molecule has 1 aromatic heterocycles. The number of aromatic nitrogens is 1. The molecule has 0 radical (unpaired) electrons. The van der Waals surface area contributed by atoms with Crippen LogP contribution in [0.3, 0.4) is 0 Å². The lowest BCUT2D eigenvalue weighted by Crippen LogP contribution is -2.24. The molecule has 5 heteroatoms. The molecule has 0 aliphatic carbocycles. The Morgan fingerprint density at radius 3 is 2.86 bits per heavy atom. The highest BCUT2D eigenvalue weighted by Crippen LogP contribution is 2.17. The monoisotopic (exact) mass is 361 g/mol. The van der Waals surface area contributed by atoms with Crippen molar-refractivity contribution in [3.8, 4) is 0 Å². The van der Waals surface area contributed by atoms with Crippen LogP contribution in [0.15, 0.2) is 41.0 Å². The molecule has 0 fully saturated rings. The number of aryl methyl sites for hydroxylation is 1. The van der Waals surface area contributed by atoms with E-state index >= 15 is 0 Å². The zero-order valence-corrected chi connectivity index (χ0v) is 14.4. The van der Waals surface area contributed by atoms with Crippen molar-refractivity contribution in [1.29, 1.82) is 0 Å². The summed E-state index contributed by atoms with van der Waals surface area (Å²) in [5.74, 6) is 0.825. The average Bonchev–Trinajstić information content (AvgIpc) is 2.52. The lowest BCUT2D eigenvalue weighted by Gasteiger charge is -2.10. The summed E-state index contributed by atoms with van der Waals surface area (Å²) in [5, 5.41) is 6.19. The molecule has 0 saturated carbocycles. The van der Waals surface area contributed by atoms with Crippen LogP contribution in [-0.4, -0.2) is 17.4 Å². The molecule has 2 rings (SSSR count). The van der Waals surface area contributed by atoms with E-state index in [1.807, 2.05) is 44.2 Å². The summed E-state index contributed by atoms with van der Waals surface area (Å²) in [6.45, 7) is 5.37. The van der Waals surface area contributed by atoms with Gasteiger partial charge in [0.05, 0.1) is 0 Å². The fraction of sp³-hybridized carbons (Fsp3) is 0.294. The normalized spacial score (nSPS) is 10.3. The first-order valence-electron chi connectivity index (χ1n) is 7.33. The highest BCUT2D eigenvalue weighted by Gasteiger charge is 2.06. The Kier molecular flexibility index (Phi) is 5.95. The number of carbonyl (C=O) groups excluding carboxylic acids is 1. The Hall–Kier alpha value is -1.88. The van der Waals surface area contributed by atoms with Crippen LogP contribution in [-0.2, 0) is 6.54 Å². The second kappa shape index (κ2) is 7.94. The number of anilines is 1. The molecule has 0 aliphatic heterocycles. The van der Waals surface area contributed by atoms with Crippen molar-refractivity contribution in [3.63, 3.8) is 0 Å². The summed E-state index contributed by atoms with van der Waals surface area (Å²) in [6, 6.07) is 9.66. The van der Waals surface area contributed by atoms with Gasteiger partial charge in [0.15, 0.2) is 0 Å². The Labute approximate surface area is 139 Å². The molecule has 0 unspecified atom stereocenters. The van der Waals surface area contributed by atoms with Crippen molar-refractivity contribution in [1.82, 2.24) is 10.3 Å². The highest BCUT2D eigenvalue weighted by molar-refractivity contribution is 9.10. The number of hydrogen-bond donors (Lipinski definition) is 2. The van der Waals surface area contributed by atoms with Gasteiger partial charge in [-0.05, 0) is 58.6 Å². The van der Waals surface area contributed by atoms with Crippen molar-refractivity contribution in [2.24, 2.45) is 0 Å². The average molecular weight is 362 g/mol. The van der Waals surface area contributed by atoms with Crippen LogP contribution in [0.25, 0.3) is 0 Å². The molecule has 4 nitrogen and oxygen atoms in total. The molecule has 0 atom stereocenters. The van der Waals surface area contributed by atoms with Gasteiger partial charge in [-0.3, -0.25) is 4.79 Å². The largest absolute Gasteiger partial charge is 0.366 e. The van der Waals surface area contributed by atoms with E-state index in [1.165, 1.54) is 0 Å². The summed E-state index contributed by atoms with van der Waals surface area (Å²) in [5.41, 5.74) is 2.81. The first kappa shape index (κ1) is 16.5. The minimum atomic E-state index is -0.0263. The fourth-order valence-electron chi connectivity index (χ4n) is 2.07. The van der Waals surface area contributed by atoms with Crippen LogP contribution in [0.1, 0.15) is 34.8 Å². The van der Waals surface area contributed by atoms with Crippen LogP contribution in [0, 0.1) is 6.92 Å². The second-order valence-corrected chi connectivity index (χ2v) is 6.04. The number of benzene rings is 1. The van der Waals surface area contributed by atoms with Crippen molar-refractivity contribution < 1.29 is 4.79 Å². The number of halogens is 1. The van der Waals surface area contributed by atoms with E-state index < -0.39 is 0 Å². The first-order chi connectivity index (χ1) is 10.6. The predicted molar refractivity (Wildman–Crippen MR) is 93.1 cm³/mol. The van der Waals surface area contributed by atoms with E-state index in [9.17, 15) is 4.79 Å². The minimum absolute atomic E-state index is 0.0263. The van der Waals surface area contributed by atoms with Crippen LogP contribution >= 0.6 is 15.9 Å². The number of rotatable bonds is 6. The maximum absolute atomic E-state index is 12.0. The van der Waals surface area contributed by atoms with Crippen molar-refractivity contribution >= 4 is 27.7 Å². The number of carbonyl (C=O) groups is 1. The molecular formula is C17H20BrN3O. The van der Waals surface area contributed by atoms with Crippen molar-refractivity contribution in [2.45, 2.75) is 26.8 Å². The third-order valence-corrected chi connectivity index (χ3v) is 3.66. The second-order valence-electron chi connectivity index (χ2n) is 5.13. The Morgan fingerprint density at radius 1 is 1.32 bits per heavy atom. The maximum Gasteiger partial charge on any atom is 0.251 e. The van der Waals surface area contributed by atoms with Crippen LogP contribution in [0.5, 0.6) is 0 Å². The Morgan fingerprint density at radius 2 is 2.14 bits per heavy atom. The van der Waals surface area contributed by atoms with Crippen molar-refractivity contribution in [2.75, 3.05) is 11.9 Å². The molecule has 116 valence electrons. The van der Waals surface area contributed by atoms with Crippen LogP contribution in [0.2, 0.25) is 0 Å². The summed E-state index contributed by atoms with van der Waals surface area (Å²) in [6.07, 6.45) is 2.70. The molecule has 0 aliphatic rings. The van der Waals surface area contributed by atoms with Gasteiger partial charge in [-0.2, -0.15) is 0 Å². The van der Waals surface area contributed by atoms with Gasteiger partial charge in [-0.1, -0.05) is 19.1 Å². The molecule has 1 amide bonds. The number of hydrogen-bond acceptors (Lipinski definition) is 3. The smallest absolute Gasteiger partial charge is 0.251 e. The predicted octanol–water partition coefficient (Wildman–Crippen LogP) is 3.90. The molecule has 0 saturated heterocycles. The van der Waals surface area contributed by atoms with Gasteiger partial charge in [0, 0.05) is 29.3 Å². The third kappa shape index (κ3) is 4.56. The van der Waals surface area contributed by atoms with Gasteiger partial charge in [0.1, 0.15) is 5.82 Å². The highest BCUT2D eigenvalue weighted by atomic mass is 79.9. The van der Waals surface area contributed by atoms with E-state index in [0.29, 0.717) is 18.7 Å². The van der Waals surface area contributed by atoms with E-state index in [-0.39, 0.29) is 5.91 Å². The summed E-state index contributed by atoms with van der Waals surface area (Å²) >= 11 is 3.40. The number of nitrogens with one attached hydrogen (secondary N) is 2. The van der Waals surface area contributed by atoms with Crippen molar-refractivity contribution in [3.05, 3.63) is 57.7 Å². The fourth-order valence-corrected chi connectivity index (χ4v) is 2.52. The topological polar surface area (TPSA) is 54.0 Å². The van der Waals surface area contributed by atoms with Gasteiger partial charge >= 0.3 is 0 Å². The van der Waals surface area contributed by atoms with Crippen LogP contribution < -0.4 is 10.6 Å². The van der Waals surface area contributed by atoms with E-state index in [2.05, 4.69) is 31.5 Å². The van der Waals surface area contributed by atoms with Gasteiger partial charge in [0.2, 0.25) is 0 Å². The number of nitrogens with zero attached hydrogens (tertiary/aromatic N) is 1. The molecule has 1 aromatic carbocycles. The molecule has 1 heterocycles. The summed E-state index contributed by atoms with van der Waals surface area (Å²) < 4.78 is 0.963. The SMILES string of the molecule is CCCNC(=O)c1cccc(CNc2ncc(Br)cc2C)c1. The quantitative estimate of drug-likeness (QED) is 0.819. The maximum atomic E-state index is 12.0. The molecule has 2 aromatic rings. The van der Waals surface area contributed by atoms with E-state index in [1.54, 1.807) is 6.20 Å². The molecular weight excluding hydrogens is 342 g/mol. The van der Waals surface area contributed by atoms with Gasteiger partial charge in [-0.15, -0.1) is 0 Å². The van der Waals surface area contributed by atoms with Gasteiger partial charge < -0.3 is 10.6 Å². The van der Waals surface area contributed by atoms with Gasteiger partial charge in [-0.25, -0.2) is 4.98 Å². The standard InChI is InChI=1S/C17H20BrN3O/c1-3-7-19-17(22)14-6-4-5-13(9-14)10-20-16-12(2)8-15(18)11-21-16/h4-6,8-9,11H,3,7,10H2,1-2H3,(H,19,22)(H,20,21). The lowest BCUT2D eigenvalue weighted by atomic mass is 10.1. The summed E-state index contributed by atoms with van der Waals surface area (Å²) in [7, 11) is 0. The summed E-state index contributed by atoms with van der Waals surface area (Å²) in [4.78, 5) is 16.3. The number of pyridine rings is 1. The zero-order chi connectivity index (χ0) is 15.9. The minimum Gasteiger partial charge on any atom is -0.366 e.